The van der Waals surface area contributed by atoms with Crippen molar-refractivity contribution in [2.75, 3.05) is 20.8 Å². The van der Waals surface area contributed by atoms with Crippen LogP contribution in [0, 0.1) is 13.8 Å². The van der Waals surface area contributed by atoms with E-state index in [0.717, 1.165) is 11.1 Å². The van der Waals surface area contributed by atoms with Crippen LogP contribution in [0.3, 0.4) is 0 Å². The summed E-state index contributed by atoms with van der Waals surface area (Å²) in [7, 11) is 2.57. The highest BCUT2D eigenvalue weighted by molar-refractivity contribution is 5.98. The number of aryl methyl sites for hydroxylation is 2. The average Bonchev–Trinajstić information content (AvgIpc) is 2.50. The van der Waals surface area contributed by atoms with E-state index in [4.69, 9.17) is 4.74 Å². The van der Waals surface area contributed by atoms with Crippen molar-refractivity contribution in [2.45, 2.75) is 26.7 Å². The van der Waals surface area contributed by atoms with Crippen LogP contribution in [0.4, 0.5) is 0 Å². The molecule has 6 heteroatoms. The number of benzene rings is 1. The molecule has 0 saturated heterocycles. The molecule has 1 aromatic carbocycles. The normalized spacial score (nSPS) is 10.0. The molecule has 6 nitrogen and oxygen atoms in total. The Hall–Kier alpha value is -2.37. The SMILES string of the molecule is COC(=O)CCC(=O)c1cc(C)c(OCC(=O)OC)c(C)c1. The summed E-state index contributed by atoms with van der Waals surface area (Å²) in [5.41, 5.74) is 1.99. The molecule has 0 spiro atoms. The molecular formula is C16H20O6. The second kappa shape index (κ2) is 8.17. The van der Waals surface area contributed by atoms with Crippen molar-refractivity contribution in [3.8, 4) is 5.75 Å². The fourth-order valence-corrected chi connectivity index (χ4v) is 1.99. The van der Waals surface area contributed by atoms with Gasteiger partial charge in [0.15, 0.2) is 12.4 Å². The standard InChI is InChI=1S/C16H20O6/c1-10-7-12(13(17)5-6-14(18)20-3)8-11(2)16(10)22-9-15(19)21-4/h7-8H,5-6,9H2,1-4H3. The van der Waals surface area contributed by atoms with Crippen LogP contribution >= 0.6 is 0 Å². The fraction of sp³-hybridized carbons (Fsp3) is 0.438. The van der Waals surface area contributed by atoms with Crippen molar-refractivity contribution in [2.24, 2.45) is 0 Å². The molecule has 120 valence electrons. The first-order valence-electron chi connectivity index (χ1n) is 6.80. The topological polar surface area (TPSA) is 78.9 Å². The van der Waals surface area contributed by atoms with Crippen LogP contribution in [0.2, 0.25) is 0 Å². The maximum atomic E-state index is 12.1. The minimum absolute atomic E-state index is 0.0496. The largest absolute Gasteiger partial charge is 0.481 e. The quantitative estimate of drug-likeness (QED) is 0.566. The Bertz CT molecular complexity index is 553. The third-order valence-corrected chi connectivity index (χ3v) is 3.13. The number of carbonyl (C=O) groups is 3. The number of hydrogen-bond acceptors (Lipinski definition) is 6. The van der Waals surface area contributed by atoms with E-state index < -0.39 is 11.9 Å². The van der Waals surface area contributed by atoms with Crippen LogP contribution in [0.25, 0.3) is 0 Å². The number of Topliss-reactive ketones (excluding diaryl/α,β-unsaturated/α-hetero) is 1. The van der Waals surface area contributed by atoms with Crippen molar-refractivity contribution < 1.29 is 28.6 Å². The molecule has 22 heavy (non-hydrogen) atoms. The van der Waals surface area contributed by atoms with E-state index in [9.17, 15) is 14.4 Å². The Kier molecular flexibility index (Phi) is 6.56. The Morgan fingerprint density at radius 3 is 1.95 bits per heavy atom. The smallest absolute Gasteiger partial charge is 0.343 e. The number of methoxy groups -OCH3 is 2. The third-order valence-electron chi connectivity index (χ3n) is 3.13. The summed E-state index contributed by atoms with van der Waals surface area (Å²) in [5, 5.41) is 0. The van der Waals surface area contributed by atoms with Gasteiger partial charge in [-0.05, 0) is 37.1 Å². The van der Waals surface area contributed by atoms with Gasteiger partial charge < -0.3 is 14.2 Å². The molecule has 1 aromatic rings. The van der Waals surface area contributed by atoms with Crippen molar-refractivity contribution >= 4 is 17.7 Å². The minimum atomic E-state index is -0.475. The van der Waals surface area contributed by atoms with Crippen molar-refractivity contribution in [1.82, 2.24) is 0 Å². The summed E-state index contributed by atoms with van der Waals surface area (Å²) in [6.45, 7) is 3.39. The summed E-state index contributed by atoms with van der Waals surface area (Å²) in [6, 6.07) is 3.36. The van der Waals surface area contributed by atoms with E-state index in [1.54, 1.807) is 26.0 Å². The lowest BCUT2D eigenvalue weighted by Crippen LogP contribution is -2.14. The maximum Gasteiger partial charge on any atom is 0.343 e. The predicted molar refractivity (Wildman–Crippen MR) is 79.0 cm³/mol. The van der Waals surface area contributed by atoms with Crippen LogP contribution < -0.4 is 4.74 Å². The van der Waals surface area contributed by atoms with Crippen LogP contribution in [-0.2, 0) is 19.1 Å². The van der Waals surface area contributed by atoms with Crippen LogP contribution in [0.15, 0.2) is 12.1 Å². The maximum absolute atomic E-state index is 12.1. The van der Waals surface area contributed by atoms with E-state index in [0.29, 0.717) is 11.3 Å². The lowest BCUT2D eigenvalue weighted by Gasteiger charge is -2.13. The van der Waals surface area contributed by atoms with Gasteiger partial charge in [-0.15, -0.1) is 0 Å². The van der Waals surface area contributed by atoms with Gasteiger partial charge in [0.1, 0.15) is 5.75 Å². The Balaban J connectivity index is 2.82. The number of rotatable bonds is 7. The molecular weight excluding hydrogens is 288 g/mol. The second-order valence-corrected chi connectivity index (χ2v) is 4.80. The molecule has 0 atom stereocenters. The van der Waals surface area contributed by atoms with Gasteiger partial charge in [-0.2, -0.15) is 0 Å². The molecule has 0 amide bonds. The van der Waals surface area contributed by atoms with Crippen molar-refractivity contribution in [3.05, 3.63) is 28.8 Å². The molecule has 0 aliphatic rings. The van der Waals surface area contributed by atoms with Crippen LogP contribution in [0.5, 0.6) is 5.75 Å². The molecule has 0 aliphatic heterocycles. The molecule has 0 radical (unpaired) electrons. The van der Waals surface area contributed by atoms with Crippen molar-refractivity contribution in [1.29, 1.82) is 0 Å². The molecule has 0 N–H and O–H groups in total. The zero-order valence-corrected chi connectivity index (χ0v) is 13.2. The lowest BCUT2D eigenvalue weighted by atomic mass is 10.0. The molecule has 0 aliphatic carbocycles. The van der Waals surface area contributed by atoms with E-state index in [1.165, 1.54) is 14.2 Å². The third kappa shape index (κ3) is 4.87. The Morgan fingerprint density at radius 1 is 0.909 bits per heavy atom. The molecule has 0 unspecified atom stereocenters. The van der Waals surface area contributed by atoms with Gasteiger partial charge >= 0.3 is 11.9 Å². The zero-order valence-electron chi connectivity index (χ0n) is 13.2. The highest BCUT2D eigenvalue weighted by Gasteiger charge is 2.14. The van der Waals surface area contributed by atoms with E-state index in [-0.39, 0.29) is 25.2 Å². The first kappa shape index (κ1) is 17.7. The molecule has 0 bridgehead atoms. The number of ketones is 1. The Labute approximate surface area is 129 Å². The van der Waals surface area contributed by atoms with Gasteiger partial charge in [-0.25, -0.2) is 4.79 Å². The number of carbonyl (C=O) groups excluding carboxylic acids is 3. The monoisotopic (exact) mass is 308 g/mol. The van der Waals surface area contributed by atoms with Crippen LogP contribution in [-0.4, -0.2) is 38.5 Å². The van der Waals surface area contributed by atoms with Gasteiger partial charge in [0.2, 0.25) is 0 Å². The zero-order chi connectivity index (χ0) is 16.7. The molecule has 0 heterocycles. The van der Waals surface area contributed by atoms with Crippen LogP contribution in [0.1, 0.15) is 34.3 Å². The summed E-state index contributed by atoms with van der Waals surface area (Å²) < 4.78 is 14.4. The van der Waals surface area contributed by atoms with Gasteiger partial charge in [-0.1, -0.05) is 0 Å². The van der Waals surface area contributed by atoms with E-state index in [2.05, 4.69) is 9.47 Å². The summed E-state index contributed by atoms with van der Waals surface area (Å²) in [4.78, 5) is 34.3. The van der Waals surface area contributed by atoms with Gasteiger partial charge in [0.25, 0.3) is 0 Å². The van der Waals surface area contributed by atoms with Gasteiger partial charge in [0.05, 0.1) is 20.6 Å². The van der Waals surface area contributed by atoms with Gasteiger partial charge in [-0.3, -0.25) is 9.59 Å². The summed E-state index contributed by atoms with van der Waals surface area (Å²) in [6.07, 6.45) is 0.141. The van der Waals surface area contributed by atoms with Gasteiger partial charge in [0, 0.05) is 12.0 Å². The summed E-state index contributed by atoms with van der Waals surface area (Å²) in [5.74, 6) is -0.483. The van der Waals surface area contributed by atoms with E-state index >= 15 is 0 Å². The first-order valence-corrected chi connectivity index (χ1v) is 6.80. The molecule has 1 rings (SSSR count). The fourth-order valence-electron chi connectivity index (χ4n) is 1.99. The summed E-state index contributed by atoms with van der Waals surface area (Å²) >= 11 is 0. The highest BCUT2D eigenvalue weighted by atomic mass is 16.6. The molecule has 0 fully saturated rings. The second-order valence-electron chi connectivity index (χ2n) is 4.80. The number of ether oxygens (including phenoxy) is 3. The molecule has 0 aromatic heterocycles. The van der Waals surface area contributed by atoms with Crippen molar-refractivity contribution in [3.63, 3.8) is 0 Å². The number of esters is 2. The van der Waals surface area contributed by atoms with E-state index in [1.807, 2.05) is 0 Å². The lowest BCUT2D eigenvalue weighted by molar-refractivity contribution is -0.143. The Morgan fingerprint density at radius 2 is 1.45 bits per heavy atom. The first-order chi connectivity index (χ1) is 10.4. The molecule has 0 saturated carbocycles. The number of hydrogen-bond donors (Lipinski definition) is 0. The highest BCUT2D eigenvalue weighted by Crippen LogP contribution is 2.25. The minimum Gasteiger partial charge on any atom is -0.481 e. The average molecular weight is 308 g/mol. The predicted octanol–water partition coefficient (Wildman–Crippen LogP) is 1.99.